The lowest BCUT2D eigenvalue weighted by molar-refractivity contribution is -0.0426. The molecule has 2 aliphatic heterocycles. The van der Waals surface area contributed by atoms with Gasteiger partial charge in [-0.25, -0.2) is 0 Å². The molecule has 1 N–H and O–H groups in total. The van der Waals surface area contributed by atoms with E-state index in [-0.39, 0.29) is 6.10 Å². The highest BCUT2D eigenvalue weighted by Gasteiger charge is 2.39. The summed E-state index contributed by atoms with van der Waals surface area (Å²) >= 11 is 0. The Morgan fingerprint density at radius 3 is 1.71 bits per heavy atom. The quantitative estimate of drug-likeness (QED) is 0.784. The standard InChI is InChI=1S/C21H25NO.CH4O3S/c1-22-18-12-13-19(22)15-20(14-18)23-21(16-8-4-2-5-9-16)17-10-6-3-7-11-17;1-5(2,3)4/h2-11,18-21H,12-15H2,1H3;1H3,(H,2,3,4)/t18-,19?,20?;/m1./s1. The van der Waals surface area contributed by atoms with Crippen LogP contribution in [0.4, 0.5) is 0 Å². The SMILES string of the molecule is CN1C2CC[C@@H]1CC(OC(c1ccccc1)c1ccccc1)C2.CS(=O)(=O)O. The van der Waals surface area contributed by atoms with E-state index in [9.17, 15) is 8.42 Å². The van der Waals surface area contributed by atoms with Gasteiger partial charge < -0.3 is 9.64 Å². The third-order valence-electron chi connectivity index (χ3n) is 5.59. The molecule has 0 aliphatic carbocycles. The highest BCUT2D eigenvalue weighted by atomic mass is 32.2. The van der Waals surface area contributed by atoms with Gasteiger partial charge in [0.05, 0.1) is 12.4 Å². The molecule has 3 atom stereocenters. The van der Waals surface area contributed by atoms with Crippen molar-refractivity contribution in [2.75, 3.05) is 13.3 Å². The summed E-state index contributed by atoms with van der Waals surface area (Å²) < 4.78 is 32.5. The summed E-state index contributed by atoms with van der Waals surface area (Å²) in [5.74, 6) is 0. The van der Waals surface area contributed by atoms with Crippen LogP contribution in [0, 0.1) is 0 Å². The molecule has 4 rings (SSSR count). The summed E-state index contributed by atoms with van der Waals surface area (Å²) in [4.78, 5) is 2.57. The Labute approximate surface area is 168 Å². The molecule has 2 heterocycles. The number of hydrogen-bond donors (Lipinski definition) is 1. The van der Waals surface area contributed by atoms with E-state index in [4.69, 9.17) is 9.29 Å². The van der Waals surface area contributed by atoms with E-state index < -0.39 is 10.1 Å². The Bertz CT molecular complexity index is 780. The Hall–Kier alpha value is -1.73. The average Bonchev–Trinajstić information content (AvgIpc) is 2.87. The number of fused-ring (bicyclic) bond motifs is 2. The van der Waals surface area contributed by atoms with E-state index in [2.05, 4.69) is 72.6 Å². The van der Waals surface area contributed by atoms with Crippen LogP contribution in [0.1, 0.15) is 42.9 Å². The van der Waals surface area contributed by atoms with Gasteiger partial charge in [-0.1, -0.05) is 60.7 Å². The molecule has 5 nitrogen and oxygen atoms in total. The van der Waals surface area contributed by atoms with Crippen molar-refractivity contribution in [3.8, 4) is 0 Å². The lowest BCUT2D eigenvalue weighted by Crippen LogP contribution is -2.43. The van der Waals surface area contributed by atoms with Gasteiger partial charge in [-0.3, -0.25) is 4.55 Å². The minimum Gasteiger partial charge on any atom is -0.365 e. The van der Waals surface area contributed by atoms with E-state index in [0.29, 0.717) is 24.4 Å². The monoisotopic (exact) mass is 403 g/mol. The minimum absolute atomic E-state index is 0.0465. The van der Waals surface area contributed by atoms with Crippen molar-refractivity contribution in [3.05, 3.63) is 71.8 Å². The van der Waals surface area contributed by atoms with Crippen LogP contribution in [0.2, 0.25) is 0 Å². The van der Waals surface area contributed by atoms with Crippen LogP contribution in [0.25, 0.3) is 0 Å². The van der Waals surface area contributed by atoms with Gasteiger partial charge in [0.15, 0.2) is 0 Å². The van der Waals surface area contributed by atoms with Crippen molar-refractivity contribution >= 4 is 10.1 Å². The number of rotatable bonds is 4. The van der Waals surface area contributed by atoms with Gasteiger partial charge in [0.1, 0.15) is 6.10 Å². The molecule has 6 heteroatoms. The summed E-state index contributed by atoms with van der Waals surface area (Å²) in [5, 5.41) is 0. The second-order valence-electron chi connectivity index (χ2n) is 7.71. The zero-order valence-corrected chi connectivity index (χ0v) is 17.3. The molecule has 0 aromatic heterocycles. The van der Waals surface area contributed by atoms with Crippen LogP contribution in [0.3, 0.4) is 0 Å². The van der Waals surface area contributed by atoms with Crippen molar-refractivity contribution in [2.45, 2.75) is 50.0 Å². The van der Waals surface area contributed by atoms with Crippen LogP contribution >= 0.6 is 0 Å². The van der Waals surface area contributed by atoms with Crippen LogP contribution in [0.15, 0.2) is 60.7 Å². The maximum absolute atomic E-state index is 9.19. The molecule has 0 saturated carbocycles. The summed E-state index contributed by atoms with van der Waals surface area (Å²) in [6.07, 6.45) is 6.14. The molecule has 0 amide bonds. The van der Waals surface area contributed by atoms with Gasteiger partial charge in [0.25, 0.3) is 10.1 Å². The molecule has 2 unspecified atom stereocenters. The van der Waals surface area contributed by atoms with Crippen molar-refractivity contribution in [1.82, 2.24) is 4.90 Å². The smallest absolute Gasteiger partial charge is 0.261 e. The zero-order chi connectivity index (χ0) is 20.1. The summed E-state index contributed by atoms with van der Waals surface area (Å²) in [6, 6.07) is 22.7. The average molecular weight is 404 g/mol. The molecule has 0 radical (unpaired) electrons. The normalized spacial score (nSPS) is 24.6. The van der Waals surface area contributed by atoms with E-state index >= 15 is 0 Å². The van der Waals surface area contributed by atoms with E-state index in [1.807, 2.05) is 0 Å². The maximum Gasteiger partial charge on any atom is 0.261 e. The topological polar surface area (TPSA) is 66.8 Å². The molecule has 0 spiro atoms. The number of nitrogens with zero attached hydrogens (tertiary/aromatic N) is 1. The molecular formula is C22H29NO4S. The molecule has 2 fully saturated rings. The lowest BCUT2D eigenvalue weighted by Gasteiger charge is -2.38. The van der Waals surface area contributed by atoms with E-state index in [0.717, 1.165) is 0 Å². The third kappa shape index (κ3) is 5.88. The molecule has 2 bridgehead atoms. The van der Waals surface area contributed by atoms with Gasteiger partial charge in [0.2, 0.25) is 0 Å². The Morgan fingerprint density at radius 1 is 0.929 bits per heavy atom. The van der Waals surface area contributed by atoms with E-state index in [1.165, 1.54) is 36.8 Å². The summed E-state index contributed by atoms with van der Waals surface area (Å²) in [7, 11) is -1.38. The number of benzene rings is 2. The lowest BCUT2D eigenvalue weighted by atomic mass is 9.97. The van der Waals surface area contributed by atoms with Gasteiger partial charge in [-0.05, 0) is 43.9 Å². The van der Waals surface area contributed by atoms with Gasteiger partial charge >= 0.3 is 0 Å². The van der Waals surface area contributed by atoms with Crippen LogP contribution in [0.5, 0.6) is 0 Å². The molecule has 28 heavy (non-hydrogen) atoms. The Morgan fingerprint density at radius 2 is 1.32 bits per heavy atom. The van der Waals surface area contributed by atoms with Crippen molar-refractivity contribution in [1.29, 1.82) is 0 Å². The Balaban J connectivity index is 0.000000403. The van der Waals surface area contributed by atoms with Crippen LogP contribution in [-0.2, 0) is 14.9 Å². The molecule has 2 aromatic carbocycles. The molecule has 2 aromatic rings. The number of piperidine rings is 1. The zero-order valence-electron chi connectivity index (χ0n) is 16.4. The first-order valence-corrected chi connectivity index (χ1v) is 11.6. The van der Waals surface area contributed by atoms with Crippen molar-refractivity contribution < 1.29 is 17.7 Å². The van der Waals surface area contributed by atoms with Gasteiger partial charge in [0, 0.05) is 12.1 Å². The summed E-state index contributed by atoms with van der Waals surface area (Å²) in [6.45, 7) is 0. The first-order chi connectivity index (χ1) is 13.3. The fourth-order valence-corrected chi connectivity index (χ4v) is 4.27. The second-order valence-corrected chi connectivity index (χ2v) is 9.18. The largest absolute Gasteiger partial charge is 0.365 e. The molecule has 2 saturated heterocycles. The Kier molecular flexibility index (Phi) is 6.88. The molecule has 2 aliphatic rings. The highest BCUT2D eigenvalue weighted by molar-refractivity contribution is 7.85. The second kappa shape index (κ2) is 9.18. The van der Waals surface area contributed by atoms with Gasteiger partial charge in [-0.2, -0.15) is 8.42 Å². The maximum atomic E-state index is 9.19. The van der Waals surface area contributed by atoms with E-state index in [1.54, 1.807) is 0 Å². The first-order valence-electron chi connectivity index (χ1n) is 9.71. The minimum atomic E-state index is -3.67. The number of ether oxygens (including phenoxy) is 1. The fraction of sp³-hybridized carbons (Fsp3) is 0.455. The van der Waals surface area contributed by atoms with Crippen LogP contribution < -0.4 is 0 Å². The molecule has 152 valence electrons. The summed E-state index contributed by atoms with van der Waals surface area (Å²) in [5.41, 5.74) is 2.51. The van der Waals surface area contributed by atoms with Gasteiger partial charge in [-0.15, -0.1) is 0 Å². The van der Waals surface area contributed by atoms with Crippen molar-refractivity contribution in [2.24, 2.45) is 0 Å². The molecular weight excluding hydrogens is 374 g/mol. The fourth-order valence-electron chi connectivity index (χ4n) is 4.27. The predicted octanol–water partition coefficient (Wildman–Crippen LogP) is 3.92. The van der Waals surface area contributed by atoms with Crippen molar-refractivity contribution in [3.63, 3.8) is 0 Å². The highest BCUT2D eigenvalue weighted by Crippen LogP contribution is 2.38. The first kappa shape index (κ1) is 21.0. The predicted molar refractivity (Wildman–Crippen MR) is 111 cm³/mol. The van der Waals surface area contributed by atoms with Crippen LogP contribution in [-0.4, -0.2) is 49.4 Å². The third-order valence-corrected chi connectivity index (χ3v) is 5.59. The number of hydrogen-bond acceptors (Lipinski definition) is 4.